The highest BCUT2D eigenvalue weighted by molar-refractivity contribution is 7.13. The molecule has 1 aromatic rings. The molecule has 1 aliphatic carbocycles. The van der Waals surface area contributed by atoms with Crippen LogP contribution in [0.4, 0.5) is 0 Å². The van der Waals surface area contributed by atoms with Crippen LogP contribution in [0, 0.1) is 34.0 Å². The highest BCUT2D eigenvalue weighted by atomic mass is 32.1. The molecule has 0 saturated heterocycles. The number of allylic oxidation sites excluding steroid dienone is 7. The molecule has 5 heteroatoms. The molecule has 4 nitrogen and oxygen atoms in total. The molecule has 0 aromatic carbocycles. The normalized spacial score (nSPS) is 17.5. The lowest BCUT2D eigenvalue weighted by Crippen LogP contribution is -2.20. The zero-order chi connectivity index (χ0) is 20.1. The number of rotatable bonds is 4. The molecule has 136 valence electrons. The molecule has 0 saturated carbocycles. The van der Waals surface area contributed by atoms with E-state index in [4.69, 9.17) is 15.3 Å². The summed E-state index contributed by atoms with van der Waals surface area (Å²) in [5.74, 6) is 0.0606. The zero-order valence-corrected chi connectivity index (χ0v) is 16.4. The Balaban J connectivity index is 1.88. The van der Waals surface area contributed by atoms with Crippen LogP contribution in [0.3, 0.4) is 0 Å². The Morgan fingerprint density at radius 1 is 1.07 bits per heavy atom. The van der Waals surface area contributed by atoms with E-state index >= 15 is 0 Å². The number of nitriles is 3. The quantitative estimate of drug-likeness (QED) is 0.635. The minimum atomic E-state index is -0.794. The number of thiophene rings is 1. The second kappa shape index (κ2) is 7.97. The first-order valence-corrected chi connectivity index (χ1v) is 9.50. The fourth-order valence-electron chi connectivity index (χ4n) is 2.97. The molecular formula is C23H17N3OS. The molecule has 3 rings (SSSR count). The predicted octanol–water partition coefficient (Wildman–Crippen LogP) is 5.59. The maximum Gasteiger partial charge on any atom is 0.172 e. The van der Waals surface area contributed by atoms with Gasteiger partial charge in [0, 0.05) is 15.3 Å². The molecule has 0 radical (unpaired) electrons. The third kappa shape index (κ3) is 3.89. The van der Waals surface area contributed by atoms with Gasteiger partial charge in [-0.05, 0) is 50.1 Å². The Morgan fingerprint density at radius 3 is 2.32 bits per heavy atom. The van der Waals surface area contributed by atoms with Crippen molar-refractivity contribution in [3.63, 3.8) is 0 Å². The molecule has 2 aliphatic rings. The average molecular weight is 383 g/mol. The highest BCUT2D eigenvalue weighted by Gasteiger charge is 2.38. The second-order valence-corrected chi connectivity index (χ2v) is 7.87. The molecule has 28 heavy (non-hydrogen) atoms. The Kier molecular flexibility index (Phi) is 5.46. The Labute approximate surface area is 168 Å². The Morgan fingerprint density at radius 2 is 1.75 bits per heavy atom. The molecule has 0 bridgehead atoms. The smallest absolute Gasteiger partial charge is 0.172 e. The molecule has 0 atom stereocenters. The first-order valence-electron chi connectivity index (χ1n) is 8.69. The summed E-state index contributed by atoms with van der Waals surface area (Å²) >= 11 is 1.64. The van der Waals surface area contributed by atoms with Gasteiger partial charge in [-0.25, -0.2) is 0 Å². The van der Waals surface area contributed by atoms with Crippen molar-refractivity contribution in [3.8, 4) is 18.2 Å². The SMILES string of the molecule is CC1(C)OC(=C(C#N)C#N)C(C#N)=C1/C=C/c1ccc(/C=C/C2=CC=CC2)s1. The molecule has 1 aromatic heterocycles. The van der Waals surface area contributed by atoms with E-state index in [1.165, 1.54) is 5.57 Å². The molecule has 2 heterocycles. The van der Waals surface area contributed by atoms with Crippen molar-refractivity contribution in [1.82, 2.24) is 0 Å². The maximum absolute atomic E-state index is 9.56. The van der Waals surface area contributed by atoms with Crippen molar-refractivity contribution in [3.05, 3.63) is 80.3 Å². The van der Waals surface area contributed by atoms with Crippen molar-refractivity contribution < 1.29 is 4.74 Å². The summed E-state index contributed by atoms with van der Waals surface area (Å²) in [5, 5.41) is 27.8. The number of hydrogen-bond donors (Lipinski definition) is 0. The first kappa shape index (κ1) is 19.2. The van der Waals surface area contributed by atoms with Crippen LogP contribution >= 0.6 is 11.3 Å². The van der Waals surface area contributed by atoms with Gasteiger partial charge in [-0.2, -0.15) is 15.8 Å². The van der Waals surface area contributed by atoms with Crippen LogP contribution in [0.5, 0.6) is 0 Å². The van der Waals surface area contributed by atoms with Crippen LogP contribution in [0.25, 0.3) is 12.2 Å². The lowest BCUT2D eigenvalue weighted by atomic mass is 9.94. The van der Waals surface area contributed by atoms with Crippen molar-refractivity contribution in [1.29, 1.82) is 15.8 Å². The van der Waals surface area contributed by atoms with E-state index in [0.717, 1.165) is 16.2 Å². The molecule has 0 amide bonds. The van der Waals surface area contributed by atoms with Gasteiger partial charge in [0.1, 0.15) is 29.4 Å². The maximum atomic E-state index is 9.56. The van der Waals surface area contributed by atoms with Crippen molar-refractivity contribution in [2.24, 2.45) is 0 Å². The fraction of sp³-hybridized carbons (Fsp3) is 0.174. The zero-order valence-electron chi connectivity index (χ0n) is 15.6. The van der Waals surface area contributed by atoms with E-state index in [2.05, 4.69) is 42.5 Å². The fourth-order valence-corrected chi connectivity index (χ4v) is 3.79. The Hall–Kier alpha value is -3.59. The summed E-state index contributed by atoms with van der Waals surface area (Å²) in [6.07, 6.45) is 15.2. The van der Waals surface area contributed by atoms with Crippen LogP contribution < -0.4 is 0 Å². The van der Waals surface area contributed by atoms with Gasteiger partial charge in [-0.15, -0.1) is 11.3 Å². The number of nitrogens with zero attached hydrogens (tertiary/aromatic N) is 3. The van der Waals surface area contributed by atoms with Crippen molar-refractivity contribution in [2.75, 3.05) is 0 Å². The summed E-state index contributed by atoms with van der Waals surface area (Å²) in [6, 6.07) is 9.75. The number of ether oxygens (including phenoxy) is 1. The molecule has 1 aliphatic heterocycles. The predicted molar refractivity (Wildman–Crippen MR) is 110 cm³/mol. The third-order valence-electron chi connectivity index (χ3n) is 4.39. The van der Waals surface area contributed by atoms with Gasteiger partial charge in [-0.1, -0.05) is 30.4 Å². The van der Waals surface area contributed by atoms with E-state index in [1.54, 1.807) is 23.5 Å². The first-order chi connectivity index (χ1) is 13.5. The van der Waals surface area contributed by atoms with Gasteiger partial charge >= 0.3 is 0 Å². The van der Waals surface area contributed by atoms with E-state index < -0.39 is 5.60 Å². The molecular weight excluding hydrogens is 366 g/mol. The van der Waals surface area contributed by atoms with Crippen molar-refractivity contribution >= 4 is 23.5 Å². The molecule has 0 fully saturated rings. The minimum absolute atomic E-state index is 0.0606. The molecule has 0 spiro atoms. The summed E-state index contributed by atoms with van der Waals surface area (Å²) in [7, 11) is 0. The average Bonchev–Trinajstić information content (AvgIpc) is 3.39. The van der Waals surface area contributed by atoms with Crippen LogP contribution in [0.2, 0.25) is 0 Å². The summed E-state index contributed by atoms with van der Waals surface area (Å²) in [5.41, 5.74) is 1.19. The second-order valence-electron chi connectivity index (χ2n) is 6.72. The van der Waals surface area contributed by atoms with Gasteiger partial charge in [0.05, 0.1) is 0 Å². The van der Waals surface area contributed by atoms with Gasteiger partial charge < -0.3 is 4.74 Å². The van der Waals surface area contributed by atoms with Gasteiger partial charge in [0.15, 0.2) is 11.3 Å². The summed E-state index contributed by atoms with van der Waals surface area (Å²) in [6.45, 7) is 3.63. The summed E-state index contributed by atoms with van der Waals surface area (Å²) < 4.78 is 5.76. The van der Waals surface area contributed by atoms with Gasteiger partial charge in [0.2, 0.25) is 0 Å². The largest absolute Gasteiger partial charge is 0.480 e. The van der Waals surface area contributed by atoms with Gasteiger partial charge in [0.25, 0.3) is 0 Å². The number of hydrogen-bond acceptors (Lipinski definition) is 5. The molecule has 0 N–H and O–H groups in total. The topological polar surface area (TPSA) is 80.6 Å². The standard InChI is InChI=1S/C23H17N3OS/c1-23(2)21(20(15-26)22(27-23)17(13-24)14-25)12-11-19-10-9-18(28-19)8-7-16-5-3-4-6-16/h3-5,7-12H,6H2,1-2H3/b8-7+,12-11+. The minimum Gasteiger partial charge on any atom is -0.480 e. The lowest BCUT2D eigenvalue weighted by Gasteiger charge is -2.20. The van der Waals surface area contributed by atoms with E-state index in [9.17, 15) is 5.26 Å². The monoisotopic (exact) mass is 383 g/mol. The van der Waals surface area contributed by atoms with Gasteiger partial charge in [-0.3, -0.25) is 0 Å². The Bertz CT molecular complexity index is 1100. The van der Waals surface area contributed by atoms with Crippen LogP contribution in [0.1, 0.15) is 30.0 Å². The van der Waals surface area contributed by atoms with E-state index in [1.807, 2.05) is 32.1 Å². The third-order valence-corrected chi connectivity index (χ3v) is 5.40. The highest BCUT2D eigenvalue weighted by Crippen LogP contribution is 2.40. The van der Waals surface area contributed by atoms with Crippen LogP contribution in [-0.4, -0.2) is 5.60 Å². The lowest BCUT2D eigenvalue weighted by molar-refractivity contribution is 0.0954. The van der Waals surface area contributed by atoms with Crippen LogP contribution in [0.15, 0.2) is 70.6 Å². The molecule has 0 unspecified atom stereocenters. The van der Waals surface area contributed by atoms with Crippen LogP contribution in [-0.2, 0) is 4.74 Å². The van der Waals surface area contributed by atoms with E-state index in [-0.39, 0.29) is 16.9 Å². The van der Waals surface area contributed by atoms with E-state index in [0.29, 0.717) is 5.57 Å². The summed E-state index contributed by atoms with van der Waals surface area (Å²) in [4.78, 5) is 2.18. The van der Waals surface area contributed by atoms with Crippen molar-refractivity contribution in [2.45, 2.75) is 25.9 Å².